The summed E-state index contributed by atoms with van der Waals surface area (Å²) in [6.07, 6.45) is 5.41. The van der Waals surface area contributed by atoms with Crippen LogP contribution in [0.15, 0.2) is 59.0 Å². The first-order valence-corrected chi connectivity index (χ1v) is 13.4. The van der Waals surface area contributed by atoms with Gasteiger partial charge in [-0.2, -0.15) is 0 Å². The molecular weight excluding hydrogens is 452 g/mol. The molecule has 1 aromatic heterocycles. The Hall–Kier alpha value is -3.12. The lowest BCUT2D eigenvalue weighted by molar-refractivity contribution is -0.135. The molecule has 0 unspecified atom stereocenters. The molecule has 0 saturated carbocycles. The SMILES string of the molecule is CCCC(=O)N1CCC(O)(c2ccc3oc(C(=O)N4CCC[C@H](c5ccccc5)CC4)cc3c2)CC1. The van der Waals surface area contributed by atoms with E-state index in [1.165, 1.54) is 5.56 Å². The van der Waals surface area contributed by atoms with Gasteiger partial charge in [0.15, 0.2) is 5.76 Å². The third kappa shape index (κ3) is 5.05. The molecule has 2 aromatic carbocycles. The molecule has 2 amide bonds. The minimum absolute atomic E-state index is 0.0667. The molecule has 6 heteroatoms. The highest BCUT2D eigenvalue weighted by Gasteiger charge is 2.35. The normalized spacial score (nSPS) is 20.3. The fourth-order valence-electron chi connectivity index (χ4n) is 5.74. The largest absolute Gasteiger partial charge is 0.451 e. The van der Waals surface area contributed by atoms with Gasteiger partial charge in [-0.1, -0.05) is 43.3 Å². The molecular formula is C30H36N2O4. The maximum Gasteiger partial charge on any atom is 0.289 e. The summed E-state index contributed by atoms with van der Waals surface area (Å²) in [5.41, 5.74) is 1.84. The maximum absolute atomic E-state index is 13.3. The van der Waals surface area contributed by atoms with Crippen LogP contribution in [0.25, 0.3) is 11.0 Å². The molecule has 2 aliphatic rings. The Bertz CT molecular complexity index is 1210. The highest BCUT2D eigenvalue weighted by Crippen LogP contribution is 2.36. The van der Waals surface area contributed by atoms with Crippen LogP contribution in [0.2, 0.25) is 0 Å². The van der Waals surface area contributed by atoms with Crippen LogP contribution in [0, 0.1) is 0 Å². The number of furan rings is 1. The van der Waals surface area contributed by atoms with Crippen LogP contribution in [0.3, 0.4) is 0 Å². The van der Waals surface area contributed by atoms with Crippen LogP contribution < -0.4 is 0 Å². The van der Waals surface area contributed by atoms with Gasteiger partial charge in [-0.25, -0.2) is 0 Å². The summed E-state index contributed by atoms with van der Waals surface area (Å²) in [6, 6.07) is 18.0. The molecule has 1 N–H and O–H groups in total. The van der Waals surface area contributed by atoms with Crippen molar-refractivity contribution < 1.29 is 19.1 Å². The Balaban J connectivity index is 1.27. The third-order valence-electron chi connectivity index (χ3n) is 7.96. The molecule has 3 aromatic rings. The molecule has 0 radical (unpaired) electrons. The summed E-state index contributed by atoms with van der Waals surface area (Å²) in [5, 5.41) is 12.2. The lowest BCUT2D eigenvalue weighted by Crippen LogP contribution is -2.45. The van der Waals surface area contributed by atoms with Gasteiger partial charge in [0.25, 0.3) is 5.91 Å². The molecule has 0 aliphatic carbocycles. The van der Waals surface area contributed by atoms with Crippen molar-refractivity contribution in [2.75, 3.05) is 26.2 Å². The zero-order valence-electron chi connectivity index (χ0n) is 21.1. The molecule has 2 aliphatic heterocycles. The number of carbonyl (C=O) groups excluding carboxylic acids is 2. The summed E-state index contributed by atoms with van der Waals surface area (Å²) < 4.78 is 5.96. The predicted octanol–water partition coefficient (Wildman–Crippen LogP) is 5.45. The highest BCUT2D eigenvalue weighted by molar-refractivity contribution is 5.96. The second kappa shape index (κ2) is 10.5. The first-order valence-electron chi connectivity index (χ1n) is 13.4. The molecule has 6 nitrogen and oxygen atoms in total. The smallest absolute Gasteiger partial charge is 0.289 e. The van der Waals surface area contributed by atoms with Crippen LogP contribution >= 0.6 is 0 Å². The van der Waals surface area contributed by atoms with Crippen molar-refractivity contribution in [2.45, 2.75) is 63.4 Å². The van der Waals surface area contributed by atoms with Gasteiger partial charge in [-0.3, -0.25) is 9.59 Å². The number of carbonyl (C=O) groups is 2. The van der Waals surface area contributed by atoms with E-state index in [0.29, 0.717) is 56.2 Å². The average molecular weight is 489 g/mol. The standard InChI is InChI=1S/C30H36N2O4/c1-2-7-28(33)31-18-14-30(35,15-19-31)25-11-12-26-24(20-25)21-27(36-26)29(34)32-16-6-10-23(13-17-32)22-8-4-3-5-9-22/h3-5,8-9,11-12,20-21,23,35H,2,6-7,10,13-19H2,1H3/t23-/m0/s1. The van der Waals surface area contributed by atoms with E-state index in [-0.39, 0.29) is 11.8 Å². The summed E-state index contributed by atoms with van der Waals surface area (Å²) in [5.74, 6) is 0.929. The molecule has 36 heavy (non-hydrogen) atoms. The number of hydrogen-bond acceptors (Lipinski definition) is 4. The lowest BCUT2D eigenvalue weighted by Gasteiger charge is -2.38. The molecule has 5 rings (SSSR count). The first-order chi connectivity index (χ1) is 17.5. The van der Waals surface area contributed by atoms with Crippen LogP contribution in [0.1, 0.15) is 79.5 Å². The van der Waals surface area contributed by atoms with E-state index in [4.69, 9.17) is 4.42 Å². The minimum Gasteiger partial charge on any atom is -0.451 e. The summed E-state index contributed by atoms with van der Waals surface area (Å²) >= 11 is 0. The second-order valence-corrected chi connectivity index (χ2v) is 10.4. The summed E-state index contributed by atoms with van der Waals surface area (Å²) in [7, 11) is 0. The number of likely N-dealkylation sites (tertiary alicyclic amines) is 2. The van der Waals surface area contributed by atoms with Gasteiger partial charge in [-0.05, 0) is 73.8 Å². The number of benzene rings is 2. The monoisotopic (exact) mass is 488 g/mol. The van der Waals surface area contributed by atoms with Gasteiger partial charge in [-0.15, -0.1) is 0 Å². The van der Waals surface area contributed by atoms with Gasteiger partial charge in [0.2, 0.25) is 5.91 Å². The van der Waals surface area contributed by atoms with Gasteiger partial charge >= 0.3 is 0 Å². The van der Waals surface area contributed by atoms with Gasteiger partial charge in [0.05, 0.1) is 5.60 Å². The number of fused-ring (bicyclic) bond motifs is 1. The number of rotatable bonds is 5. The number of amides is 2. The van der Waals surface area contributed by atoms with E-state index >= 15 is 0 Å². The first kappa shape index (κ1) is 24.6. The van der Waals surface area contributed by atoms with Gasteiger partial charge < -0.3 is 19.3 Å². The third-order valence-corrected chi connectivity index (χ3v) is 7.96. The zero-order valence-corrected chi connectivity index (χ0v) is 21.1. The summed E-state index contributed by atoms with van der Waals surface area (Å²) in [4.78, 5) is 29.3. The van der Waals surface area contributed by atoms with E-state index in [0.717, 1.165) is 43.2 Å². The van der Waals surface area contributed by atoms with E-state index in [9.17, 15) is 14.7 Å². The number of nitrogens with zero attached hydrogens (tertiary/aromatic N) is 2. The zero-order chi connectivity index (χ0) is 25.1. The fraction of sp³-hybridized carbons (Fsp3) is 0.467. The van der Waals surface area contributed by atoms with E-state index < -0.39 is 5.60 Å². The average Bonchev–Trinajstić information content (AvgIpc) is 3.18. The number of piperidine rings is 1. The lowest BCUT2D eigenvalue weighted by atomic mass is 9.84. The minimum atomic E-state index is -0.976. The number of aliphatic hydroxyl groups is 1. The molecule has 190 valence electrons. The van der Waals surface area contributed by atoms with Crippen molar-refractivity contribution in [3.63, 3.8) is 0 Å². The van der Waals surface area contributed by atoms with Crippen LogP contribution in [-0.4, -0.2) is 52.9 Å². The Kier molecular flexibility index (Phi) is 7.15. The second-order valence-electron chi connectivity index (χ2n) is 10.4. The van der Waals surface area contributed by atoms with E-state index in [2.05, 4.69) is 24.3 Å². The highest BCUT2D eigenvalue weighted by atomic mass is 16.3. The molecule has 0 bridgehead atoms. The molecule has 2 saturated heterocycles. The Labute approximate surface area is 212 Å². The van der Waals surface area contributed by atoms with Crippen molar-refractivity contribution in [3.8, 4) is 0 Å². The van der Waals surface area contributed by atoms with Crippen molar-refractivity contribution >= 4 is 22.8 Å². The topological polar surface area (TPSA) is 74.0 Å². The molecule has 1 atom stereocenters. The fourth-order valence-corrected chi connectivity index (χ4v) is 5.74. The molecule has 3 heterocycles. The quantitative estimate of drug-likeness (QED) is 0.518. The van der Waals surface area contributed by atoms with Crippen molar-refractivity contribution in [3.05, 3.63) is 71.5 Å². The van der Waals surface area contributed by atoms with E-state index in [1.807, 2.05) is 47.1 Å². The number of hydrogen-bond donors (Lipinski definition) is 1. The van der Waals surface area contributed by atoms with Crippen LogP contribution in [0.5, 0.6) is 0 Å². The van der Waals surface area contributed by atoms with E-state index in [1.54, 1.807) is 0 Å². The molecule has 0 spiro atoms. The Morgan fingerprint density at radius 3 is 2.50 bits per heavy atom. The van der Waals surface area contributed by atoms with Crippen molar-refractivity contribution in [1.29, 1.82) is 0 Å². The Morgan fingerprint density at radius 1 is 0.972 bits per heavy atom. The summed E-state index contributed by atoms with van der Waals surface area (Å²) in [6.45, 7) is 4.57. The molecule has 2 fully saturated rings. The Morgan fingerprint density at radius 2 is 1.75 bits per heavy atom. The predicted molar refractivity (Wildman–Crippen MR) is 140 cm³/mol. The van der Waals surface area contributed by atoms with Gasteiger partial charge in [0, 0.05) is 38.0 Å². The van der Waals surface area contributed by atoms with Crippen LogP contribution in [0.4, 0.5) is 0 Å². The van der Waals surface area contributed by atoms with Crippen molar-refractivity contribution in [1.82, 2.24) is 9.80 Å². The maximum atomic E-state index is 13.3. The van der Waals surface area contributed by atoms with Crippen LogP contribution in [-0.2, 0) is 10.4 Å². The van der Waals surface area contributed by atoms with Gasteiger partial charge in [0.1, 0.15) is 5.58 Å². The van der Waals surface area contributed by atoms with Crippen molar-refractivity contribution in [2.24, 2.45) is 0 Å².